The Hall–Kier alpha value is -0.380. The van der Waals surface area contributed by atoms with Crippen LogP contribution in [0.4, 0.5) is 4.79 Å². The molecule has 0 aromatic rings. The smallest absolute Gasteiger partial charge is 0.318 e. The fourth-order valence-electron chi connectivity index (χ4n) is 2.22. The molecule has 0 bridgehead atoms. The van der Waals surface area contributed by atoms with Crippen LogP contribution < -0.4 is 5.32 Å². The standard InChI is InChI=1S/C10H20N2OS/c1-6(2)12-8(4)9(14-5)7(3)11-10(12)13/h6-9H,1-5H3,(H,11,13). The second kappa shape index (κ2) is 4.43. The molecule has 4 heteroatoms. The Balaban J connectivity index is 2.82. The van der Waals surface area contributed by atoms with Crippen molar-refractivity contribution < 1.29 is 4.79 Å². The van der Waals surface area contributed by atoms with Crippen molar-refractivity contribution in [2.75, 3.05) is 6.26 Å². The minimum Gasteiger partial charge on any atom is -0.334 e. The molecule has 0 aromatic heterocycles. The quantitative estimate of drug-likeness (QED) is 0.765. The summed E-state index contributed by atoms with van der Waals surface area (Å²) in [6, 6.07) is 0.925. The molecule has 3 unspecified atom stereocenters. The number of carbonyl (C=O) groups is 1. The summed E-state index contributed by atoms with van der Waals surface area (Å²) in [5, 5.41) is 3.49. The van der Waals surface area contributed by atoms with E-state index in [1.807, 2.05) is 16.7 Å². The first kappa shape index (κ1) is 11.7. The summed E-state index contributed by atoms with van der Waals surface area (Å²) in [6.07, 6.45) is 2.10. The van der Waals surface area contributed by atoms with Gasteiger partial charge in [-0.25, -0.2) is 4.79 Å². The molecule has 0 saturated carbocycles. The van der Waals surface area contributed by atoms with E-state index < -0.39 is 0 Å². The number of thioether (sulfide) groups is 1. The van der Waals surface area contributed by atoms with Crippen LogP contribution in [0.25, 0.3) is 0 Å². The van der Waals surface area contributed by atoms with Crippen molar-refractivity contribution >= 4 is 17.8 Å². The van der Waals surface area contributed by atoms with Crippen LogP contribution in [-0.4, -0.2) is 40.6 Å². The van der Waals surface area contributed by atoms with Gasteiger partial charge < -0.3 is 10.2 Å². The predicted octanol–water partition coefficient (Wildman–Crippen LogP) is 1.93. The average Bonchev–Trinajstić information content (AvgIpc) is 2.02. The Kier molecular flexibility index (Phi) is 3.70. The molecular weight excluding hydrogens is 196 g/mol. The second-order valence-electron chi connectivity index (χ2n) is 4.18. The zero-order valence-electron chi connectivity index (χ0n) is 9.57. The fourth-order valence-corrected chi connectivity index (χ4v) is 3.22. The van der Waals surface area contributed by atoms with Crippen LogP contribution in [0.15, 0.2) is 0 Å². The van der Waals surface area contributed by atoms with Gasteiger partial charge in [-0.2, -0.15) is 11.8 Å². The van der Waals surface area contributed by atoms with Crippen molar-refractivity contribution in [3.8, 4) is 0 Å². The molecule has 1 rings (SSSR count). The van der Waals surface area contributed by atoms with Gasteiger partial charge in [0.2, 0.25) is 0 Å². The van der Waals surface area contributed by atoms with Crippen molar-refractivity contribution in [3.05, 3.63) is 0 Å². The first-order valence-corrected chi connectivity index (χ1v) is 6.39. The first-order valence-electron chi connectivity index (χ1n) is 5.10. The van der Waals surface area contributed by atoms with Gasteiger partial charge in [-0.3, -0.25) is 0 Å². The van der Waals surface area contributed by atoms with Gasteiger partial charge in [-0.1, -0.05) is 0 Å². The number of hydrogen-bond donors (Lipinski definition) is 1. The number of nitrogens with one attached hydrogen (secondary N) is 1. The van der Waals surface area contributed by atoms with Gasteiger partial charge in [0.25, 0.3) is 0 Å². The Morgan fingerprint density at radius 3 is 2.43 bits per heavy atom. The minimum absolute atomic E-state index is 0.0744. The molecule has 0 radical (unpaired) electrons. The van der Waals surface area contributed by atoms with Crippen molar-refractivity contribution in [1.82, 2.24) is 10.2 Å². The third kappa shape index (κ3) is 2.00. The van der Waals surface area contributed by atoms with Crippen LogP contribution in [0.2, 0.25) is 0 Å². The zero-order chi connectivity index (χ0) is 10.9. The fraction of sp³-hybridized carbons (Fsp3) is 0.900. The van der Waals surface area contributed by atoms with E-state index in [1.54, 1.807) is 0 Å². The van der Waals surface area contributed by atoms with Gasteiger partial charge in [0.05, 0.1) is 0 Å². The highest BCUT2D eigenvalue weighted by Gasteiger charge is 2.37. The third-order valence-corrected chi connectivity index (χ3v) is 4.17. The number of hydrogen-bond acceptors (Lipinski definition) is 2. The van der Waals surface area contributed by atoms with Crippen LogP contribution in [-0.2, 0) is 0 Å². The minimum atomic E-state index is 0.0744. The van der Waals surface area contributed by atoms with E-state index in [2.05, 4.69) is 39.3 Å². The predicted molar refractivity (Wildman–Crippen MR) is 61.7 cm³/mol. The van der Waals surface area contributed by atoms with E-state index in [0.29, 0.717) is 11.3 Å². The molecule has 82 valence electrons. The van der Waals surface area contributed by atoms with Crippen LogP contribution >= 0.6 is 11.8 Å². The number of nitrogens with zero attached hydrogens (tertiary/aromatic N) is 1. The number of urea groups is 1. The lowest BCUT2D eigenvalue weighted by Gasteiger charge is -2.44. The summed E-state index contributed by atoms with van der Waals surface area (Å²) in [5.41, 5.74) is 0. The molecule has 1 N–H and O–H groups in total. The van der Waals surface area contributed by atoms with Gasteiger partial charge in [-0.05, 0) is 34.0 Å². The lowest BCUT2D eigenvalue weighted by atomic mass is 10.0. The Morgan fingerprint density at radius 2 is 2.00 bits per heavy atom. The summed E-state index contributed by atoms with van der Waals surface area (Å²) in [5.74, 6) is 0. The number of amides is 2. The highest BCUT2D eigenvalue weighted by molar-refractivity contribution is 7.99. The summed E-state index contributed by atoms with van der Waals surface area (Å²) in [6.45, 7) is 8.33. The highest BCUT2D eigenvalue weighted by atomic mass is 32.2. The van der Waals surface area contributed by atoms with Gasteiger partial charge in [0.1, 0.15) is 0 Å². The topological polar surface area (TPSA) is 32.3 Å². The van der Waals surface area contributed by atoms with E-state index in [4.69, 9.17) is 0 Å². The van der Waals surface area contributed by atoms with Gasteiger partial charge in [0.15, 0.2) is 0 Å². The van der Waals surface area contributed by atoms with Gasteiger partial charge in [-0.15, -0.1) is 0 Å². The van der Waals surface area contributed by atoms with Crippen LogP contribution in [0.1, 0.15) is 27.7 Å². The van der Waals surface area contributed by atoms with Crippen molar-refractivity contribution in [3.63, 3.8) is 0 Å². The molecule has 3 atom stereocenters. The second-order valence-corrected chi connectivity index (χ2v) is 5.20. The maximum atomic E-state index is 11.7. The molecule has 1 saturated heterocycles. The Labute approximate surface area is 90.6 Å². The van der Waals surface area contributed by atoms with Crippen molar-refractivity contribution in [2.45, 2.75) is 51.1 Å². The number of carbonyl (C=O) groups excluding carboxylic acids is 1. The molecule has 2 amide bonds. The SMILES string of the molecule is CSC1C(C)NC(=O)N(C(C)C)C1C. The molecule has 1 heterocycles. The highest BCUT2D eigenvalue weighted by Crippen LogP contribution is 2.25. The zero-order valence-corrected chi connectivity index (χ0v) is 10.4. The molecule has 1 aliphatic heterocycles. The van der Waals surface area contributed by atoms with E-state index >= 15 is 0 Å². The summed E-state index contributed by atoms with van der Waals surface area (Å²) in [7, 11) is 0. The third-order valence-electron chi connectivity index (χ3n) is 2.82. The van der Waals surface area contributed by atoms with E-state index in [9.17, 15) is 4.79 Å². The molecule has 0 aliphatic carbocycles. The molecule has 14 heavy (non-hydrogen) atoms. The Bertz CT molecular complexity index is 220. The average molecular weight is 216 g/mol. The summed E-state index contributed by atoms with van der Waals surface area (Å²) in [4.78, 5) is 13.7. The lowest BCUT2D eigenvalue weighted by molar-refractivity contribution is 0.132. The monoisotopic (exact) mass is 216 g/mol. The molecule has 1 fully saturated rings. The van der Waals surface area contributed by atoms with Gasteiger partial charge in [0, 0.05) is 23.4 Å². The normalized spacial score (nSPS) is 33.4. The molecule has 0 spiro atoms. The number of rotatable bonds is 2. The lowest BCUT2D eigenvalue weighted by Crippen LogP contribution is -2.63. The van der Waals surface area contributed by atoms with Gasteiger partial charge >= 0.3 is 6.03 Å². The summed E-state index contributed by atoms with van der Waals surface area (Å²) < 4.78 is 0. The molecular formula is C10H20N2OS. The van der Waals surface area contributed by atoms with Crippen LogP contribution in [0, 0.1) is 0 Å². The molecule has 3 nitrogen and oxygen atoms in total. The van der Waals surface area contributed by atoms with Crippen LogP contribution in [0.3, 0.4) is 0 Å². The van der Waals surface area contributed by atoms with Crippen molar-refractivity contribution in [2.24, 2.45) is 0 Å². The Morgan fingerprint density at radius 1 is 1.43 bits per heavy atom. The maximum Gasteiger partial charge on any atom is 0.318 e. The van der Waals surface area contributed by atoms with E-state index in [-0.39, 0.29) is 18.1 Å². The largest absolute Gasteiger partial charge is 0.334 e. The molecule has 1 aliphatic rings. The van der Waals surface area contributed by atoms with Crippen LogP contribution in [0.5, 0.6) is 0 Å². The molecule has 0 aromatic carbocycles. The van der Waals surface area contributed by atoms with Crippen molar-refractivity contribution in [1.29, 1.82) is 0 Å². The maximum absolute atomic E-state index is 11.7. The van der Waals surface area contributed by atoms with E-state index in [1.165, 1.54) is 0 Å². The first-order chi connectivity index (χ1) is 6.49. The van der Waals surface area contributed by atoms with E-state index in [0.717, 1.165) is 0 Å². The summed E-state index contributed by atoms with van der Waals surface area (Å²) >= 11 is 1.83.